The zero-order valence-electron chi connectivity index (χ0n) is 18.5. The highest BCUT2D eigenvalue weighted by atomic mass is 35.5. The Labute approximate surface area is 199 Å². The van der Waals surface area contributed by atoms with Crippen molar-refractivity contribution in [3.05, 3.63) is 57.8 Å². The van der Waals surface area contributed by atoms with E-state index >= 15 is 0 Å². The van der Waals surface area contributed by atoms with Crippen LogP contribution in [-0.2, 0) is 16.1 Å². The molecule has 1 saturated heterocycles. The van der Waals surface area contributed by atoms with Crippen molar-refractivity contribution in [1.29, 1.82) is 0 Å². The summed E-state index contributed by atoms with van der Waals surface area (Å²) in [6.07, 6.45) is 8.90. The molecule has 5 nitrogen and oxygen atoms in total. The molecule has 0 amide bonds. The summed E-state index contributed by atoms with van der Waals surface area (Å²) in [7, 11) is 0. The number of carbonyl (C=O) groups excluding carboxylic acids is 1. The molecule has 2 aromatic rings. The second-order valence-corrected chi connectivity index (χ2v) is 9.57. The lowest BCUT2D eigenvalue weighted by molar-refractivity contribution is 0.0439. The van der Waals surface area contributed by atoms with Crippen LogP contribution in [0.25, 0.3) is 6.08 Å². The number of aliphatic hydroxyl groups is 1. The molecule has 0 radical (unpaired) electrons. The highest BCUT2D eigenvalue weighted by Crippen LogP contribution is 2.30. The topological polar surface area (TPSA) is 59.0 Å². The SMILES string of the molecule is CCCC/C=C/c1ccc(N2CC[C@@H](Cl)[C@@H]2COCc2ccc(C(=O)OCCO)s2)cc1. The van der Waals surface area contributed by atoms with Crippen LogP contribution in [-0.4, -0.2) is 48.9 Å². The number of esters is 1. The van der Waals surface area contributed by atoms with Crippen LogP contribution >= 0.6 is 22.9 Å². The molecule has 1 N–H and O–H groups in total. The number of carbonyl (C=O) groups is 1. The number of ether oxygens (including phenoxy) is 2. The van der Waals surface area contributed by atoms with Gasteiger partial charge in [0.1, 0.15) is 11.5 Å². The van der Waals surface area contributed by atoms with E-state index in [-0.39, 0.29) is 24.6 Å². The Balaban J connectivity index is 1.52. The fourth-order valence-corrected chi connectivity index (χ4v) is 4.85. The summed E-state index contributed by atoms with van der Waals surface area (Å²) in [5.41, 5.74) is 2.38. The zero-order valence-corrected chi connectivity index (χ0v) is 20.1. The van der Waals surface area contributed by atoms with Crippen LogP contribution in [0.1, 0.15) is 52.7 Å². The molecule has 1 aliphatic heterocycles. The number of hydrogen-bond donors (Lipinski definition) is 1. The molecule has 2 atom stereocenters. The molecule has 0 unspecified atom stereocenters. The average Bonchev–Trinajstić information content (AvgIpc) is 3.43. The number of alkyl halides is 1. The molecule has 0 bridgehead atoms. The molecule has 3 rings (SSSR count). The van der Waals surface area contributed by atoms with Gasteiger partial charge in [-0.05, 0) is 42.7 Å². The van der Waals surface area contributed by atoms with Gasteiger partial charge in [-0.2, -0.15) is 0 Å². The Morgan fingerprint density at radius 2 is 2.09 bits per heavy atom. The zero-order chi connectivity index (χ0) is 22.8. The molecule has 2 heterocycles. The third-order valence-electron chi connectivity index (χ3n) is 5.44. The fourth-order valence-electron chi connectivity index (χ4n) is 3.70. The smallest absolute Gasteiger partial charge is 0.348 e. The minimum Gasteiger partial charge on any atom is -0.459 e. The number of unbranched alkanes of at least 4 members (excludes halogenated alkanes) is 2. The van der Waals surface area contributed by atoms with Crippen LogP contribution in [0.2, 0.25) is 0 Å². The third-order valence-corrected chi connectivity index (χ3v) is 6.99. The molecule has 1 fully saturated rings. The molecule has 7 heteroatoms. The first-order valence-corrected chi connectivity index (χ1v) is 12.5. The Hall–Kier alpha value is -1.86. The van der Waals surface area contributed by atoms with E-state index in [2.05, 4.69) is 48.2 Å². The minimum absolute atomic E-state index is 0.00726. The number of rotatable bonds is 12. The van der Waals surface area contributed by atoms with Crippen molar-refractivity contribution < 1.29 is 19.4 Å². The van der Waals surface area contributed by atoms with Crippen molar-refractivity contribution in [2.45, 2.75) is 50.6 Å². The molecule has 1 aromatic carbocycles. The van der Waals surface area contributed by atoms with Crippen molar-refractivity contribution in [2.24, 2.45) is 0 Å². The lowest BCUT2D eigenvalue weighted by Gasteiger charge is -2.28. The van der Waals surface area contributed by atoms with E-state index in [9.17, 15) is 4.79 Å². The first kappa shape index (κ1) is 24.8. The van der Waals surface area contributed by atoms with E-state index in [1.165, 1.54) is 29.7 Å². The largest absolute Gasteiger partial charge is 0.459 e. The van der Waals surface area contributed by atoms with Gasteiger partial charge in [-0.1, -0.05) is 44.1 Å². The summed E-state index contributed by atoms with van der Waals surface area (Å²) in [5, 5.41) is 8.80. The molecule has 1 aliphatic rings. The van der Waals surface area contributed by atoms with Crippen molar-refractivity contribution in [3.8, 4) is 0 Å². The monoisotopic (exact) mass is 477 g/mol. The van der Waals surface area contributed by atoms with E-state index < -0.39 is 5.97 Å². The first-order valence-electron chi connectivity index (χ1n) is 11.2. The van der Waals surface area contributed by atoms with Crippen LogP contribution in [0, 0.1) is 0 Å². The lowest BCUT2D eigenvalue weighted by atomic mass is 10.1. The van der Waals surface area contributed by atoms with Crippen LogP contribution in [0.4, 0.5) is 5.69 Å². The van der Waals surface area contributed by atoms with E-state index in [0.29, 0.717) is 18.1 Å². The lowest BCUT2D eigenvalue weighted by Crippen LogP contribution is -2.37. The number of allylic oxidation sites excluding steroid dienone is 1. The van der Waals surface area contributed by atoms with Crippen LogP contribution in [0.3, 0.4) is 0 Å². The molecule has 1 aromatic heterocycles. The number of anilines is 1. The number of thiophene rings is 1. The number of hydrogen-bond acceptors (Lipinski definition) is 6. The Morgan fingerprint density at radius 1 is 1.28 bits per heavy atom. The van der Waals surface area contributed by atoms with Crippen molar-refractivity contribution in [1.82, 2.24) is 0 Å². The van der Waals surface area contributed by atoms with Gasteiger partial charge >= 0.3 is 5.97 Å². The van der Waals surface area contributed by atoms with Gasteiger partial charge in [0.2, 0.25) is 0 Å². The summed E-state index contributed by atoms with van der Waals surface area (Å²) < 4.78 is 10.9. The van der Waals surface area contributed by atoms with E-state index in [1.807, 2.05) is 6.07 Å². The number of benzene rings is 1. The van der Waals surface area contributed by atoms with Gasteiger partial charge in [0.05, 0.1) is 31.2 Å². The Bertz CT molecular complexity index is 867. The minimum atomic E-state index is -0.415. The molecule has 174 valence electrons. The first-order chi connectivity index (χ1) is 15.6. The van der Waals surface area contributed by atoms with Gasteiger partial charge in [0.15, 0.2) is 0 Å². The average molecular weight is 478 g/mol. The Morgan fingerprint density at radius 3 is 2.84 bits per heavy atom. The third kappa shape index (κ3) is 7.07. The molecule has 32 heavy (non-hydrogen) atoms. The maximum Gasteiger partial charge on any atom is 0.348 e. The summed E-state index contributed by atoms with van der Waals surface area (Å²) in [4.78, 5) is 15.7. The van der Waals surface area contributed by atoms with Crippen molar-refractivity contribution in [3.63, 3.8) is 0 Å². The predicted molar refractivity (Wildman–Crippen MR) is 132 cm³/mol. The van der Waals surface area contributed by atoms with Gasteiger partial charge in [0, 0.05) is 17.1 Å². The van der Waals surface area contributed by atoms with E-state index in [1.54, 1.807) is 6.07 Å². The highest BCUT2D eigenvalue weighted by molar-refractivity contribution is 7.13. The summed E-state index contributed by atoms with van der Waals surface area (Å²) >= 11 is 7.97. The predicted octanol–water partition coefficient (Wildman–Crippen LogP) is 5.50. The summed E-state index contributed by atoms with van der Waals surface area (Å²) in [5.74, 6) is -0.415. The van der Waals surface area contributed by atoms with Gasteiger partial charge in [-0.3, -0.25) is 0 Å². The van der Waals surface area contributed by atoms with Crippen LogP contribution in [0.5, 0.6) is 0 Å². The van der Waals surface area contributed by atoms with Crippen LogP contribution in [0.15, 0.2) is 42.5 Å². The summed E-state index contributed by atoms with van der Waals surface area (Å²) in [6.45, 7) is 3.89. The maximum absolute atomic E-state index is 11.9. The van der Waals surface area contributed by atoms with E-state index in [0.717, 1.165) is 30.0 Å². The number of aliphatic hydroxyl groups excluding tert-OH is 1. The van der Waals surface area contributed by atoms with Crippen LogP contribution < -0.4 is 4.90 Å². The number of halogens is 1. The molecular weight excluding hydrogens is 446 g/mol. The molecular formula is C25H32ClNO4S. The number of nitrogens with zero attached hydrogens (tertiary/aromatic N) is 1. The van der Waals surface area contributed by atoms with Gasteiger partial charge in [-0.25, -0.2) is 4.79 Å². The standard InChI is InChI=1S/C25H32ClNO4S/c1-2-3-4-5-6-19-7-9-20(10-8-19)27-14-13-22(26)23(27)18-30-17-21-11-12-24(32-21)25(29)31-16-15-28/h5-12,22-23,28H,2-4,13-18H2,1H3/b6-5+/t22-,23+/m1/s1. The normalized spacial score (nSPS) is 18.5. The molecule has 0 spiro atoms. The molecule has 0 aliphatic carbocycles. The maximum atomic E-state index is 11.9. The summed E-state index contributed by atoms with van der Waals surface area (Å²) in [6, 6.07) is 12.3. The van der Waals surface area contributed by atoms with Gasteiger partial charge in [0.25, 0.3) is 0 Å². The van der Waals surface area contributed by atoms with Crippen molar-refractivity contribution in [2.75, 3.05) is 31.3 Å². The Kier molecular flexibility index (Phi) is 10.1. The van der Waals surface area contributed by atoms with Crippen molar-refractivity contribution >= 4 is 40.7 Å². The second kappa shape index (κ2) is 13.0. The fraction of sp³-hybridized carbons (Fsp3) is 0.480. The van der Waals surface area contributed by atoms with Gasteiger partial charge in [-0.15, -0.1) is 22.9 Å². The highest BCUT2D eigenvalue weighted by Gasteiger charge is 2.33. The van der Waals surface area contributed by atoms with Gasteiger partial charge < -0.3 is 19.5 Å². The quantitative estimate of drug-likeness (QED) is 0.248. The van der Waals surface area contributed by atoms with E-state index in [4.69, 9.17) is 26.2 Å². The second-order valence-electron chi connectivity index (χ2n) is 7.84. The molecule has 0 saturated carbocycles.